The third kappa shape index (κ3) is 3.75. The summed E-state index contributed by atoms with van der Waals surface area (Å²) in [6.45, 7) is 0.100. The van der Waals surface area contributed by atoms with Crippen LogP contribution in [-0.4, -0.2) is 10.1 Å². The molecule has 0 atom stereocenters. The smallest absolute Gasteiger partial charge is 0.126 e. The highest BCUT2D eigenvalue weighted by atomic mass is 32.2. The molecule has 0 aliphatic rings. The van der Waals surface area contributed by atoms with Gasteiger partial charge in [0.25, 0.3) is 0 Å². The number of aliphatic hydroxyl groups is 1. The van der Waals surface area contributed by atoms with E-state index in [0.717, 1.165) is 33.3 Å². The third-order valence-corrected chi connectivity index (χ3v) is 5.02. The molecular weight excluding hydrogens is 302 g/mol. The summed E-state index contributed by atoms with van der Waals surface area (Å²) in [7, 11) is 0. The Morgan fingerprint density at radius 2 is 1.90 bits per heavy atom. The SMILES string of the molecule is OCc1ccc(CSCc2csc(-c3ccoc3)n2)cc1. The minimum atomic E-state index is 0.100. The summed E-state index contributed by atoms with van der Waals surface area (Å²) in [5.41, 5.74) is 4.36. The highest BCUT2D eigenvalue weighted by molar-refractivity contribution is 7.97. The van der Waals surface area contributed by atoms with Gasteiger partial charge in [0.05, 0.1) is 18.6 Å². The van der Waals surface area contributed by atoms with Gasteiger partial charge in [-0.05, 0) is 17.2 Å². The fraction of sp³-hybridized carbons (Fsp3) is 0.188. The van der Waals surface area contributed by atoms with Crippen molar-refractivity contribution in [3.63, 3.8) is 0 Å². The molecule has 0 fully saturated rings. The first-order chi connectivity index (χ1) is 10.3. The number of thiazole rings is 1. The predicted molar refractivity (Wildman–Crippen MR) is 87.2 cm³/mol. The van der Waals surface area contributed by atoms with Crippen LogP contribution >= 0.6 is 23.1 Å². The Balaban J connectivity index is 1.53. The van der Waals surface area contributed by atoms with E-state index in [2.05, 4.69) is 22.5 Å². The Morgan fingerprint density at radius 1 is 1.10 bits per heavy atom. The maximum atomic E-state index is 9.01. The van der Waals surface area contributed by atoms with Crippen LogP contribution in [0.15, 0.2) is 52.7 Å². The number of thioether (sulfide) groups is 1. The number of hydrogen-bond acceptors (Lipinski definition) is 5. The monoisotopic (exact) mass is 317 g/mol. The normalized spacial score (nSPS) is 10.9. The molecule has 0 saturated carbocycles. The van der Waals surface area contributed by atoms with Crippen molar-refractivity contribution >= 4 is 23.1 Å². The first kappa shape index (κ1) is 14.4. The van der Waals surface area contributed by atoms with E-state index in [0.29, 0.717) is 0 Å². The first-order valence-corrected chi connectivity index (χ1v) is 8.62. The van der Waals surface area contributed by atoms with Gasteiger partial charge >= 0.3 is 0 Å². The van der Waals surface area contributed by atoms with E-state index < -0.39 is 0 Å². The molecule has 1 N–H and O–H groups in total. The lowest BCUT2D eigenvalue weighted by Gasteiger charge is -2.02. The zero-order valence-corrected chi connectivity index (χ0v) is 13.0. The number of rotatable bonds is 6. The largest absolute Gasteiger partial charge is 0.472 e. The molecule has 0 unspecified atom stereocenters. The molecule has 5 heteroatoms. The van der Waals surface area contributed by atoms with Crippen LogP contribution < -0.4 is 0 Å². The zero-order chi connectivity index (χ0) is 14.5. The lowest BCUT2D eigenvalue weighted by Crippen LogP contribution is -1.86. The van der Waals surface area contributed by atoms with Gasteiger partial charge in [0.15, 0.2) is 0 Å². The Bertz CT molecular complexity index is 675. The van der Waals surface area contributed by atoms with Crippen LogP contribution in [0.2, 0.25) is 0 Å². The second-order valence-electron chi connectivity index (χ2n) is 4.62. The standard InChI is InChI=1S/C16H15NO2S2/c18-7-12-1-3-13(4-2-12)9-20-10-15-11-21-16(17-15)14-5-6-19-8-14/h1-6,8,11,18H,7,9-10H2. The predicted octanol–water partition coefficient (Wildman–Crippen LogP) is 4.33. The van der Waals surface area contributed by atoms with Crippen LogP contribution in [0.3, 0.4) is 0 Å². The van der Waals surface area contributed by atoms with Gasteiger partial charge in [-0.25, -0.2) is 4.98 Å². The molecule has 0 radical (unpaired) electrons. The van der Waals surface area contributed by atoms with E-state index in [9.17, 15) is 0 Å². The van der Waals surface area contributed by atoms with Crippen LogP contribution in [0.25, 0.3) is 10.6 Å². The number of benzene rings is 1. The molecule has 1 aromatic carbocycles. The number of aliphatic hydroxyl groups excluding tert-OH is 1. The van der Waals surface area contributed by atoms with Crippen molar-refractivity contribution in [1.29, 1.82) is 0 Å². The molecule has 0 aliphatic heterocycles. The quantitative estimate of drug-likeness (QED) is 0.735. The van der Waals surface area contributed by atoms with Crippen LogP contribution in [0, 0.1) is 0 Å². The van der Waals surface area contributed by atoms with E-state index in [1.165, 1.54) is 5.56 Å². The van der Waals surface area contributed by atoms with Crippen LogP contribution in [0.5, 0.6) is 0 Å². The maximum Gasteiger partial charge on any atom is 0.126 e. The van der Waals surface area contributed by atoms with E-state index in [1.807, 2.05) is 30.0 Å². The van der Waals surface area contributed by atoms with E-state index in [1.54, 1.807) is 23.9 Å². The Labute approximate surface area is 131 Å². The Hall–Kier alpha value is -1.56. The minimum absolute atomic E-state index is 0.100. The molecule has 0 saturated heterocycles. The van der Waals surface area contributed by atoms with Crippen molar-refractivity contribution in [1.82, 2.24) is 4.98 Å². The Morgan fingerprint density at radius 3 is 2.62 bits per heavy atom. The highest BCUT2D eigenvalue weighted by Crippen LogP contribution is 2.26. The first-order valence-electron chi connectivity index (χ1n) is 6.58. The summed E-state index contributed by atoms with van der Waals surface area (Å²) in [6, 6.07) is 10.00. The number of aromatic nitrogens is 1. The average Bonchev–Trinajstić information content (AvgIpc) is 3.19. The topological polar surface area (TPSA) is 46.3 Å². The minimum Gasteiger partial charge on any atom is -0.472 e. The summed E-state index contributed by atoms with van der Waals surface area (Å²) < 4.78 is 5.08. The van der Waals surface area contributed by atoms with Crippen molar-refractivity contribution in [2.24, 2.45) is 0 Å². The summed E-state index contributed by atoms with van der Waals surface area (Å²) in [5, 5.41) is 12.1. The van der Waals surface area contributed by atoms with Crippen molar-refractivity contribution in [2.75, 3.05) is 0 Å². The van der Waals surface area contributed by atoms with Crippen molar-refractivity contribution in [3.8, 4) is 10.6 Å². The Kier molecular flexibility index (Phi) is 4.75. The summed E-state index contributed by atoms with van der Waals surface area (Å²) in [6.07, 6.45) is 3.39. The molecular formula is C16H15NO2S2. The second-order valence-corrected chi connectivity index (χ2v) is 6.47. The molecule has 3 rings (SSSR count). The van der Waals surface area contributed by atoms with Crippen molar-refractivity contribution in [3.05, 3.63) is 65.1 Å². The van der Waals surface area contributed by atoms with Crippen LogP contribution in [0.1, 0.15) is 16.8 Å². The number of nitrogens with zero attached hydrogens (tertiary/aromatic N) is 1. The lowest BCUT2D eigenvalue weighted by molar-refractivity contribution is 0.282. The molecule has 2 heterocycles. The van der Waals surface area contributed by atoms with Crippen LogP contribution in [-0.2, 0) is 18.1 Å². The van der Waals surface area contributed by atoms with Gasteiger partial charge in [0.1, 0.15) is 11.3 Å². The van der Waals surface area contributed by atoms with Crippen molar-refractivity contribution in [2.45, 2.75) is 18.1 Å². The number of hydrogen-bond donors (Lipinski definition) is 1. The number of furan rings is 1. The summed E-state index contributed by atoms with van der Waals surface area (Å²) in [5.74, 6) is 1.85. The van der Waals surface area contributed by atoms with Crippen LogP contribution in [0.4, 0.5) is 0 Å². The highest BCUT2D eigenvalue weighted by Gasteiger charge is 2.06. The van der Waals surface area contributed by atoms with E-state index in [4.69, 9.17) is 9.52 Å². The summed E-state index contributed by atoms with van der Waals surface area (Å²) in [4.78, 5) is 4.62. The molecule has 108 valence electrons. The lowest BCUT2D eigenvalue weighted by atomic mass is 10.2. The van der Waals surface area contributed by atoms with Gasteiger partial charge in [-0.15, -0.1) is 11.3 Å². The van der Waals surface area contributed by atoms with Gasteiger partial charge in [0.2, 0.25) is 0 Å². The molecule has 21 heavy (non-hydrogen) atoms. The third-order valence-electron chi connectivity index (χ3n) is 3.04. The van der Waals surface area contributed by atoms with Gasteiger partial charge in [-0.2, -0.15) is 11.8 Å². The average molecular weight is 317 g/mol. The molecule has 0 bridgehead atoms. The van der Waals surface area contributed by atoms with Gasteiger partial charge in [0, 0.05) is 22.4 Å². The fourth-order valence-corrected chi connectivity index (χ4v) is 3.70. The van der Waals surface area contributed by atoms with Gasteiger partial charge < -0.3 is 9.52 Å². The fourth-order valence-electron chi connectivity index (χ4n) is 1.91. The zero-order valence-electron chi connectivity index (χ0n) is 11.4. The maximum absolute atomic E-state index is 9.01. The molecule has 0 spiro atoms. The van der Waals surface area contributed by atoms with E-state index in [-0.39, 0.29) is 6.61 Å². The van der Waals surface area contributed by atoms with Gasteiger partial charge in [-0.3, -0.25) is 0 Å². The van der Waals surface area contributed by atoms with Gasteiger partial charge in [-0.1, -0.05) is 24.3 Å². The molecule has 3 nitrogen and oxygen atoms in total. The summed E-state index contributed by atoms with van der Waals surface area (Å²) >= 11 is 3.49. The molecule has 2 aromatic heterocycles. The molecule has 3 aromatic rings. The van der Waals surface area contributed by atoms with Crippen molar-refractivity contribution < 1.29 is 9.52 Å². The molecule has 0 amide bonds. The second kappa shape index (κ2) is 6.93. The molecule has 0 aliphatic carbocycles. The van der Waals surface area contributed by atoms with E-state index >= 15 is 0 Å².